The van der Waals surface area contributed by atoms with Crippen LogP contribution >= 0.6 is 11.3 Å². The van der Waals surface area contributed by atoms with Crippen LogP contribution in [0.5, 0.6) is 5.75 Å². The van der Waals surface area contributed by atoms with Gasteiger partial charge in [-0.1, -0.05) is 24.0 Å². The molecule has 0 radical (unpaired) electrons. The Morgan fingerprint density at radius 1 is 1.33 bits per heavy atom. The smallest absolute Gasteiger partial charge is 0.167 e. The van der Waals surface area contributed by atoms with Crippen LogP contribution in [-0.2, 0) is 6.54 Å². The first kappa shape index (κ1) is 22.6. The van der Waals surface area contributed by atoms with Crippen LogP contribution in [0.15, 0.2) is 36.4 Å². The number of likely N-dealkylation sites (tertiary alicyclic amines) is 1. The lowest BCUT2D eigenvalue weighted by molar-refractivity contribution is 0.0812. The zero-order chi connectivity index (χ0) is 21.7. The number of hydrogen-bond donors (Lipinski definition) is 1. The second-order valence-corrected chi connectivity index (χ2v) is 9.88. The van der Waals surface area contributed by atoms with Crippen LogP contribution in [-0.4, -0.2) is 40.6 Å². The van der Waals surface area contributed by atoms with Crippen LogP contribution in [0.2, 0.25) is 0 Å². The van der Waals surface area contributed by atoms with Crippen LogP contribution in [0.4, 0.5) is 0 Å². The number of ether oxygens (including phenoxy) is 1. The van der Waals surface area contributed by atoms with Gasteiger partial charge in [0.05, 0.1) is 11.0 Å². The van der Waals surface area contributed by atoms with Crippen molar-refractivity contribution >= 4 is 17.1 Å². The number of hydrogen-bond acceptors (Lipinski definition) is 5. The van der Waals surface area contributed by atoms with Gasteiger partial charge < -0.3 is 9.84 Å². The van der Waals surface area contributed by atoms with Gasteiger partial charge in [0.25, 0.3) is 0 Å². The molecule has 3 rings (SSSR count). The molecule has 1 saturated heterocycles. The van der Waals surface area contributed by atoms with E-state index >= 15 is 0 Å². The molecular weight excluding hydrogens is 394 g/mol. The molecule has 1 aliphatic heterocycles. The Balaban J connectivity index is 1.62. The number of carbonyl (C=O) groups is 1. The van der Waals surface area contributed by atoms with Gasteiger partial charge in [-0.15, -0.1) is 11.3 Å². The van der Waals surface area contributed by atoms with Crippen molar-refractivity contribution in [2.45, 2.75) is 58.8 Å². The molecular formula is C25H31NO3S. The summed E-state index contributed by atoms with van der Waals surface area (Å²) < 4.78 is 5.75. The van der Waals surface area contributed by atoms with E-state index in [4.69, 9.17) is 4.74 Å². The zero-order valence-corrected chi connectivity index (χ0v) is 19.1. The Morgan fingerprint density at radius 3 is 2.87 bits per heavy atom. The van der Waals surface area contributed by atoms with Crippen LogP contribution in [0.3, 0.4) is 0 Å². The summed E-state index contributed by atoms with van der Waals surface area (Å²) in [4.78, 5) is 17.6. The number of aliphatic hydroxyl groups is 1. The van der Waals surface area contributed by atoms with Crippen molar-refractivity contribution < 1.29 is 14.6 Å². The number of carbonyl (C=O) groups excluding carboxylic acids is 1. The van der Waals surface area contributed by atoms with Crippen molar-refractivity contribution in [1.82, 2.24) is 4.90 Å². The van der Waals surface area contributed by atoms with Gasteiger partial charge in [-0.05, 0) is 71.3 Å². The lowest BCUT2D eigenvalue weighted by atomic mass is 9.90. The molecule has 0 bridgehead atoms. The predicted octanol–water partition coefficient (Wildman–Crippen LogP) is 4.75. The summed E-state index contributed by atoms with van der Waals surface area (Å²) in [6, 6.07) is 11.7. The lowest BCUT2D eigenvalue weighted by Gasteiger charge is -2.31. The zero-order valence-electron chi connectivity index (χ0n) is 18.3. The maximum Gasteiger partial charge on any atom is 0.167 e. The van der Waals surface area contributed by atoms with E-state index in [1.54, 1.807) is 25.2 Å². The minimum atomic E-state index is -0.984. The quantitative estimate of drug-likeness (QED) is 0.536. The molecule has 30 heavy (non-hydrogen) atoms. The van der Waals surface area contributed by atoms with Crippen molar-refractivity contribution in [1.29, 1.82) is 0 Å². The van der Waals surface area contributed by atoms with Crippen molar-refractivity contribution in [2.75, 3.05) is 13.1 Å². The fraction of sp³-hybridized carbons (Fsp3) is 0.480. The number of thiophene rings is 1. The molecule has 1 aliphatic rings. The normalized spacial score (nSPS) is 17.5. The van der Waals surface area contributed by atoms with Crippen molar-refractivity contribution in [3.63, 3.8) is 0 Å². The fourth-order valence-corrected chi connectivity index (χ4v) is 4.51. The summed E-state index contributed by atoms with van der Waals surface area (Å²) in [5, 5.41) is 9.76. The molecule has 1 fully saturated rings. The second-order valence-electron chi connectivity index (χ2n) is 8.71. The molecule has 5 heteroatoms. The molecule has 1 aromatic heterocycles. The molecule has 2 heterocycles. The third-order valence-electron chi connectivity index (χ3n) is 4.90. The first-order valence-electron chi connectivity index (χ1n) is 10.6. The van der Waals surface area contributed by atoms with E-state index < -0.39 is 5.60 Å². The Morgan fingerprint density at radius 2 is 2.13 bits per heavy atom. The summed E-state index contributed by atoms with van der Waals surface area (Å²) >= 11 is 1.65. The maximum atomic E-state index is 13.1. The second kappa shape index (κ2) is 9.78. The Labute approximate surface area is 183 Å². The van der Waals surface area contributed by atoms with Gasteiger partial charge in [0, 0.05) is 29.4 Å². The number of piperidine rings is 1. The highest BCUT2D eigenvalue weighted by Crippen LogP contribution is 2.26. The minimum absolute atomic E-state index is 0.0162. The van der Waals surface area contributed by atoms with E-state index in [-0.39, 0.29) is 17.8 Å². The first-order chi connectivity index (χ1) is 14.2. The van der Waals surface area contributed by atoms with E-state index in [1.165, 1.54) is 4.88 Å². The van der Waals surface area contributed by atoms with Gasteiger partial charge in [-0.2, -0.15) is 0 Å². The molecule has 1 N–H and O–H groups in total. The summed E-state index contributed by atoms with van der Waals surface area (Å²) in [6.07, 6.45) is 2.04. The third-order valence-corrected chi connectivity index (χ3v) is 5.88. The topological polar surface area (TPSA) is 49.8 Å². The molecule has 4 nitrogen and oxygen atoms in total. The highest BCUT2D eigenvalue weighted by atomic mass is 32.1. The summed E-state index contributed by atoms with van der Waals surface area (Å²) in [5.41, 5.74) is -0.248. The van der Waals surface area contributed by atoms with Crippen molar-refractivity contribution in [3.8, 4) is 17.6 Å². The predicted molar refractivity (Wildman–Crippen MR) is 122 cm³/mol. The van der Waals surface area contributed by atoms with Gasteiger partial charge in [0.1, 0.15) is 11.4 Å². The molecule has 160 valence electrons. The number of nitrogens with zero attached hydrogens (tertiary/aromatic N) is 1. The van der Waals surface area contributed by atoms with Crippen LogP contribution in [0.1, 0.15) is 60.6 Å². The van der Waals surface area contributed by atoms with Crippen LogP contribution < -0.4 is 4.74 Å². The number of ketones is 1. The van der Waals surface area contributed by atoms with Gasteiger partial charge in [-0.3, -0.25) is 9.69 Å². The summed E-state index contributed by atoms with van der Waals surface area (Å²) in [5.74, 6) is 6.88. The van der Waals surface area contributed by atoms with Gasteiger partial charge in [0.2, 0.25) is 0 Å². The highest BCUT2D eigenvalue weighted by molar-refractivity contribution is 7.12. The largest absolute Gasteiger partial charge is 0.491 e. The molecule has 1 atom stereocenters. The molecule has 0 saturated carbocycles. The van der Waals surface area contributed by atoms with E-state index in [0.717, 1.165) is 48.7 Å². The number of rotatable bonds is 6. The average Bonchev–Trinajstić information content (AvgIpc) is 3.12. The maximum absolute atomic E-state index is 13.1. The standard InChI is InChI=1S/C25H31NO3S/c1-18(2)29-21-9-5-7-19(15-21)24(27)20-8-6-14-26(16-20)17-23-11-10-22(30-23)12-13-25(3,4)28/h5,7,9-11,15,18,20,28H,6,8,14,16-17H2,1-4H3/t20-/m0/s1. The Kier molecular flexibility index (Phi) is 7.36. The summed E-state index contributed by atoms with van der Waals surface area (Å²) in [6.45, 7) is 9.95. The van der Waals surface area contributed by atoms with Gasteiger partial charge in [-0.25, -0.2) is 0 Å². The SMILES string of the molecule is CC(C)Oc1cccc(C(=O)[C@H]2CCCN(Cc3ccc(C#CC(C)(C)O)s3)C2)c1. The Bertz CT molecular complexity index is 930. The molecule has 2 aromatic rings. The lowest BCUT2D eigenvalue weighted by Crippen LogP contribution is -2.38. The van der Waals surface area contributed by atoms with E-state index in [2.05, 4.69) is 22.8 Å². The highest BCUT2D eigenvalue weighted by Gasteiger charge is 2.27. The van der Waals surface area contributed by atoms with E-state index in [1.807, 2.05) is 44.2 Å². The van der Waals surface area contributed by atoms with Crippen LogP contribution in [0, 0.1) is 17.8 Å². The monoisotopic (exact) mass is 425 g/mol. The van der Waals surface area contributed by atoms with Gasteiger partial charge >= 0.3 is 0 Å². The third kappa shape index (κ3) is 6.70. The molecule has 0 unspecified atom stereocenters. The Hall–Kier alpha value is -2.13. The van der Waals surface area contributed by atoms with Crippen molar-refractivity contribution in [2.24, 2.45) is 5.92 Å². The van der Waals surface area contributed by atoms with Crippen molar-refractivity contribution in [3.05, 3.63) is 51.7 Å². The minimum Gasteiger partial charge on any atom is -0.491 e. The van der Waals surface area contributed by atoms with E-state index in [0.29, 0.717) is 0 Å². The average molecular weight is 426 g/mol. The fourth-order valence-electron chi connectivity index (χ4n) is 3.61. The van der Waals surface area contributed by atoms with E-state index in [9.17, 15) is 9.90 Å². The number of Topliss-reactive ketones (excluding diaryl/α,β-unsaturated/α-hetero) is 1. The summed E-state index contributed by atoms with van der Waals surface area (Å²) in [7, 11) is 0. The molecule has 0 spiro atoms. The first-order valence-corrected chi connectivity index (χ1v) is 11.4. The molecule has 1 aromatic carbocycles. The van der Waals surface area contributed by atoms with Gasteiger partial charge in [0.15, 0.2) is 5.78 Å². The van der Waals surface area contributed by atoms with Crippen LogP contribution in [0.25, 0.3) is 0 Å². The number of benzene rings is 1. The molecule has 0 amide bonds. The molecule has 0 aliphatic carbocycles.